The summed E-state index contributed by atoms with van der Waals surface area (Å²) < 4.78 is 20.8. The highest BCUT2D eigenvalue weighted by molar-refractivity contribution is 7.13. The number of carbonyl (C=O) groups excluding carboxylic acids is 1. The first-order chi connectivity index (χ1) is 12.7. The summed E-state index contributed by atoms with van der Waals surface area (Å²) in [6.07, 6.45) is 1.54. The highest BCUT2D eigenvalue weighted by atomic mass is 32.1. The highest BCUT2D eigenvalue weighted by Gasteiger charge is 2.23. The Morgan fingerprint density at radius 2 is 1.81 bits per heavy atom. The summed E-state index contributed by atoms with van der Waals surface area (Å²) in [5.41, 5.74) is 0.828. The van der Waals surface area contributed by atoms with Gasteiger partial charge >= 0.3 is 12.0 Å². The zero-order valence-electron chi connectivity index (χ0n) is 14.3. The molecule has 0 saturated heterocycles. The number of pyridine rings is 1. The molecule has 3 aromatic rings. The normalized spacial score (nSPS) is 10.3. The third kappa shape index (κ3) is 3.57. The molecule has 9 heteroatoms. The lowest BCUT2D eigenvalue weighted by atomic mass is 10.1. The van der Waals surface area contributed by atoms with Gasteiger partial charge in [0, 0.05) is 16.6 Å². The van der Waals surface area contributed by atoms with Gasteiger partial charge in [0.2, 0.25) is 17.6 Å². The van der Waals surface area contributed by atoms with Crippen LogP contribution in [0.1, 0.15) is 10.4 Å². The lowest BCUT2D eigenvalue weighted by molar-refractivity contribution is 0.0598. The van der Waals surface area contributed by atoms with Crippen LogP contribution < -0.4 is 14.2 Å². The minimum absolute atomic E-state index is 0.0260. The van der Waals surface area contributed by atoms with E-state index in [2.05, 4.69) is 15.0 Å². The van der Waals surface area contributed by atoms with Crippen LogP contribution in [0.3, 0.4) is 0 Å². The summed E-state index contributed by atoms with van der Waals surface area (Å²) in [7, 11) is 4.21. The second kappa shape index (κ2) is 7.79. The van der Waals surface area contributed by atoms with Crippen LogP contribution in [-0.4, -0.2) is 42.3 Å². The Balaban J connectivity index is 2.08. The molecule has 3 aromatic heterocycles. The molecule has 8 nitrogen and oxygen atoms in total. The number of methoxy groups -OCH3 is 3. The first kappa shape index (κ1) is 17.6. The number of thiophene rings is 1. The van der Waals surface area contributed by atoms with Gasteiger partial charge in [-0.2, -0.15) is 9.97 Å². The average molecular weight is 373 g/mol. The van der Waals surface area contributed by atoms with Gasteiger partial charge in [-0.05, 0) is 17.5 Å². The summed E-state index contributed by atoms with van der Waals surface area (Å²) in [4.78, 5) is 25.6. The van der Waals surface area contributed by atoms with Crippen LogP contribution in [0, 0.1) is 0 Å². The molecule has 0 atom stereocenters. The highest BCUT2D eigenvalue weighted by Crippen LogP contribution is 2.34. The number of esters is 1. The fourth-order valence-corrected chi connectivity index (χ4v) is 2.94. The van der Waals surface area contributed by atoms with E-state index in [1.165, 1.54) is 44.9 Å². The number of aromatic nitrogens is 3. The van der Waals surface area contributed by atoms with Crippen molar-refractivity contribution < 1.29 is 23.7 Å². The van der Waals surface area contributed by atoms with Gasteiger partial charge in [-0.1, -0.05) is 6.07 Å². The van der Waals surface area contributed by atoms with Gasteiger partial charge in [0.05, 0.1) is 27.4 Å². The van der Waals surface area contributed by atoms with Crippen LogP contribution in [0.15, 0.2) is 35.8 Å². The third-order valence-corrected chi connectivity index (χ3v) is 4.26. The molecule has 0 unspecified atom stereocenters. The third-order valence-electron chi connectivity index (χ3n) is 3.36. The summed E-state index contributed by atoms with van der Waals surface area (Å²) >= 11 is 1.48. The Hall–Kier alpha value is -3.20. The van der Waals surface area contributed by atoms with Gasteiger partial charge in [0.15, 0.2) is 0 Å². The van der Waals surface area contributed by atoms with Gasteiger partial charge in [-0.25, -0.2) is 9.78 Å². The molecule has 3 heterocycles. The molecule has 0 aromatic carbocycles. The molecule has 0 aliphatic rings. The van der Waals surface area contributed by atoms with E-state index in [1.807, 2.05) is 17.5 Å². The molecule has 0 N–H and O–H groups in total. The van der Waals surface area contributed by atoms with E-state index in [9.17, 15) is 4.79 Å². The van der Waals surface area contributed by atoms with Crippen LogP contribution in [0.4, 0.5) is 0 Å². The SMILES string of the molecule is COC(=O)c1c(-c2cccs2)ccnc1Oc1nc(OC)cc(OC)n1. The number of hydrogen-bond donors (Lipinski definition) is 0. The van der Waals surface area contributed by atoms with Gasteiger partial charge in [-0.3, -0.25) is 0 Å². The maximum absolute atomic E-state index is 12.4. The fourth-order valence-electron chi connectivity index (χ4n) is 2.18. The van der Waals surface area contributed by atoms with E-state index in [0.29, 0.717) is 5.56 Å². The zero-order valence-corrected chi connectivity index (χ0v) is 15.1. The molecule has 0 aliphatic heterocycles. The Morgan fingerprint density at radius 3 is 2.38 bits per heavy atom. The fraction of sp³-hybridized carbons (Fsp3) is 0.176. The number of nitrogens with zero attached hydrogens (tertiary/aromatic N) is 3. The van der Waals surface area contributed by atoms with Crippen molar-refractivity contribution in [3.05, 3.63) is 41.4 Å². The predicted octanol–water partition coefficient (Wildman–Crippen LogP) is 3.20. The van der Waals surface area contributed by atoms with E-state index in [0.717, 1.165) is 4.88 Å². The van der Waals surface area contributed by atoms with Crippen molar-refractivity contribution in [1.29, 1.82) is 0 Å². The standard InChI is InChI=1S/C17H15N3O5S/c1-22-12-9-13(23-2)20-17(19-12)25-15-14(16(21)24-3)10(6-7-18-15)11-5-4-8-26-11/h4-9H,1-3H3. The van der Waals surface area contributed by atoms with Crippen molar-refractivity contribution in [1.82, 2.24) is 15.0 Å². The van der Waals surface area contributed by atoms with Crippen molar-refractivity contribution in [2.75, 3.05) is 21.3 Å². The first-order valence-electron chi connectivity index (χ1n) is 7.42. The monoisotopic (exact) mass is 373 g/mol. The predicted molar refractivity (Wildman–Crippen MR) is 94.1 cm³/mol. The van der Waals surface area contributed by atoms with E-state index in [1.54, 1.807) is 6.07 Å². The van der Waals surface area contributed by atoms with Crippen molar-refractivity contribution in [2.45, 2.75) is 0 Å². The smallest absolute Gasteiger partial charge is 0.344 e. The molecule has 0 radical (unpaired) electrons. The minimum atomic E-state index is -0.577. The van der Waals surface area contributed by atoms with Gasteiger partial charge in [-0.15, -0.1) is 11.3 Å². The Morgan fingerprint density at radius 1 is 1.08 bits per heavy atom. The molecule has 3 rings (SSSR count). The molecule has 0 saturated carbocycles. The summed E-state index contributed by atoms with van der Waals surface area (Å²) in [5.74, 6) is -0.0498. The molecular weight excluding hydrogens is 358 g/mol. The van der Waals surface area contributed by atoms with Crippen molar-refractivity contribution in [2.24, 2.45) is 0 Å². The van der Waals surface area contributed by atoms with Crippen molar-refractivity contribution in [3.63, 3.8) is 0 Å². The average Bonchev–Trinajstić information content (AvgIpc) is 3.21. The van der Waals surface area contributed by atoms with Gasteiger partial charge in [0.1, 0.15) is 5.56 Å². The zero-order chi connectivity index (χ0) is 18.5. The summed E-state index contributed by atoms with van der Waals surface area (Å²) in [5, 5.41) is 1.91. The van der Waals surface area contributed by atoms with Crippen LogP contribution in [-0.2, 0) is 4.74 Å². The van der Waals surface area contributed by atoms with Crippen LogP contribution >= 0.6 is 11.3 Å². The van der Waals surface area contributed by atoms with Gasteiger partial charge in [0.25, 0.3) is 0 Å². The lowest BCUT2D eigenvalue weighted by Crippen LogP contribution is -2.08. The van der Waals surface area contributed by atoms with Crippen LogP contribution in [0.25, 0.3) is 10.4 Å². The maximum atomic E-state index is 12.4. The number of rotatable bonds is 6. The molecule has 0 amide bonds. The molecular formula is C17H15N3O5S. The summed E-state index contributed by atoms with van der Waals surface area (Å²) in [6, 6.07) is 6.93. The first-order valence-corrected chi connectivity index (χ1v) is 8.30. The van der Waals surface area contributed by atoms with Crippen LogP contribution in [0.5, 0.6) is 23.7 Å². The second-order valence-corrected chi connectivity index (χ2v) is 5.79. The molecule has 0 fully saturated rings. The van der Waals surface area contributed by atoms with Crippen molar-refractivity contribution in [3.8, 4) is 34.1 Å². The van der Waals surface area contributed by atoms with E-state index in [4.69, 9.17) is 18.9 Å². The molecule has 0 bridgehead atoms. The molecule has 134 valence electrons. The lowest BCUT2D eigenvalue weighted by Gasteiger charge is -2.12. The van der Waals surface area contributed by atoms with E-state index < -0.39 is 5.97 Å². The molecule has 0 spiro atoms. The summed E-state index contributed by atoms with van der Waals surface area (Å²) in [6.45, 7) is 0. The largest absolute Gasteiger partial charge is 0.481 e. The second-order valence-electron chi connectivity index (χ2n) is 4.84. The van der Waals surface area contributed by atoms with E-state index in [-0.39, 0.29) is 29.2 Å². The maximum Gasteiger partial charge on any atom is 0.344 e. The quantitative estimate of drug-likeness (QED) is 0.608. The van der Waals surface area contributed by atoms with Crippen molar-refractivity contribution >= 4 is 17.3 Å². The Labute approximate surface area is 153 Å². The minimum Gasteiger partial charge on any atom is -0.481 e. The van der Waals surface area contributed by atoms with Crippen LogP contribution in [0.2, 0.25) is 0 Å². The molecule has 0 aliphatic carbocycles. The number of hydrogen-bond acceptors (Lipinski definition) is 9. The number of ether oxygens (including phenoxy) is 4. The number of carbonyl (C=O) groups is 1. The van der Waals surface area contributed by atoms with E-state index >= 15 is 0 Å². The Kier molecular flexibility index (Phi) is 5.28. The molecule has 26 heavy (non-hydrogen) atoms. The van der Waals surface area contributed by atoms with Gasteiger partial charge < -0.3 is 18.9 Å². The topological polar surface area (TPSA) is 92.7 Å². The Bertz CT molecular complexity index is 893.